The van der Waals surface area contributed by atoms with Gasteiger partial charge in [0.2, 0.25) is 0 Å². The van der Waals surface area contributed by atoms with Gasteiger partial charge in [0.05, 0.1) is 6.10 Å². The summed E-state index contributed by atoms with van der Waals surface area (Å²) in [4.78, 5) is 2.53. The van der Waals surface area contributed by atoms with Gasteiger partial charge in [0.25, 0.3) is 0 Å². The van der Waals surface area contributed by atoms with Gasteiger partial charge in [-0.25, -0.2) is 0 Å². The van der Waals surface area contributed by atoms with Crippen LogP contribution >= 0.6 is 0 Å². The molecule has 0 heterocycles. The lowest BCUT2D eigenvalue weighted by molar-refractivity contribution is 0.0759. The Morgan fingerprint density at radius 3 is 2.38 bits per heavy atom. The van der Waals surface area contributed by atoms with Gasteiger partial charge < -0.3 is 10.8 Å². The van der Waals surface area contributed by atoms with E-state index in [1.807, 2.05) is 6.92 Å². The summed E-state index contributed by atoms with van der Waals surface area (Å²) in [6.45, 7) is 6.96. The number of hydrogen-bond donors (Lipinski definition) is 2. The lowest BCUT2D eigenvalue weighted by atomic mass is 9.94. The van der Waals surface area contributed by atoms with Crippen molar-refractivity contribution in [2.24, 2.45) is 5.73 Å². The SMILES string of the molecule is CCCN(CCC(C)O)C1(CN)CCCC1. The van der Waals surface area contributed by atoms with E-state index < -0.39 is 0 Å². The van der Waals surface area contributed by atoms with Crippen molar-refractivity contribution < 1.29 is 5.11 Å². The van der Waals surface area contributed by atoms with Crippen LogP contribution < -0.4 is 5.73 Å². The lowest BCUT2D eigenvalue weighted by Crippen LogP contribution is -2.53. The molecule has 0 saturated heterocycles. The molecule has 1 rings (SSSR count). The number of nitrogens with two attached hydrogens (primary N) is 1. The maximum Gasteiger partial charge on any atom is 0.0524 e. The maximum absolute atomic E-state index is 9.41. The Morgan fingerprint density at radius 2 is 1.94 bits per heavy atom. The summed E-state index contributed by atoms with van der Waals surface area (Å²) >= 11 is 0. The Balaban J connectivity index is 2.58. The Morgan fingerprint density at radius 1 is 1.31 bits per heavy atom. The van der Waals surface area contributed by atoms with Gasteiger partial charge in [-0.1, -0.05) is 19.8 Å². The number of rotatable bonds is 7. The van der Waals surface area contributed by atoms with Crippen molar-refractivity contribution in [2.45, 2.75) is 64.0 Å². The highest BCUT2D eigenvalue weighted by atomic mass is 16.3. The highest BCUT2D eigenvalue weighted by Crippen LogP contribution is 2.34. The van der Waals surface area contributed by atoms with Gasteiger partial charge in [0.1, 0.15) is 0 Å². The van der Waals surface area contributed by atoms with Gasteiger partial charge in [-0.3, -0.25) is 4.90 Å². The molecule has 1 saturated carbocycles. The summed E-state index contributed by atoms with van der Waals surface area (Å²) in [7, 11) is 0. The first-order chi connectivity index (χ1) is 7.64. The van der Waals surface area contributed by atoms with E-state index in [0.717, 1.165) is 26.1 Å². The molecule has 3 N–H and O–H groups in total. The summed E-state index contributed by atoms with van der Waals surface area (Å²) in [6.07, 6.45) is 6.93. The van der Waals surface area contributed by atoms with Gasteiger partial charge in [0.15, 0.2) is 0 Å². The smallest absolute Gasteiger partial charge is 0.0524 e. The molecule has 0 aromatic carbocycles. The Labute approximate surface area is 100 Å². The molecule has 96 valence electrons. The molecule has 1 atom stereocenters. The summed E-state index contributed by atoms with van der Waals surface area (Å²) in [5, 5.41) is 9.41. The minimum absolute atomic E-state index is 0.199. The minimum Gasteiger partial charge on any atom is -0.393 e. The van der Waals surface area contributed by atoms with E-state index in [4.69, 9.17) is 5.73 Å². The molecular formula is C13H28N2O. The predicted octanol–water partition coefficient (Wildman–Crippen LogP) is 1.74. The lowest BCUT2D eigenvalue weighted by Gasteiger charge is -2.41. The molecule has 16 heavy (non-hydrogen) atoms. The third-order valence-corrected chi connectivity index (χ3v) is 3.90. The normalized spacial score (nSPS) is 21.6. The zero-order valence-electron chi connectivity index (χ0n) is 10.9. The molecule has 0 aliphatic heterocycles. The predicted molar refractivity (Wildman–Crippen MR) is 68.4 cm³/mol. The van der Waals surface area contributed by atoms with Crippen molar-refractivity contribution in [3.8, 4) is 0 Å². The largest absolute Gasteiger partial charge is 0.393 e. The van der Waals surface area contributed by atoms with Crippen molar-refractivity contribution in [1.82, 2.24) is 4.90 Å². The fourth-order valence-electron chi connectivity index (χ4n) is 2.88. The monoisotopic (exact) mass is 228 g/mol. The quantitative estimate of drug-likeness (QED) is 0.698. The van der Waals surface area contributed by atoms with E-state index in [1.54, 1.807) is 0 Å². The Bertz CT molecular complexity index is 188. The summed E-state index contributed by atoms with van der Waals surface area (Å²) in [6, 6.07) is 0. The molecule has 0 spiro atoms. The standard InChI is InChI=1S/C13H28N2O/c1-3-9-15(10-6-12(2)16)13(11-14)7-4-5-8-13/h12,16H,3-11,14H2,1-2H3. The van der Waals surface area contributed by atoms with Gasteiger partial charge in [-0.15, -0.1) is 0 Å². The molecule has 0 aromatic heterocycles. The minimum atomic E-state index is -0.199. The van der Waals surface area contributed by atoms with Crippen molar-refractivity contribution in [3.05, 3.63) is 0 Å². The van der Waals surface area contributed by atoms with Gasteiger partial charge in [-0.2, -0.15) is 0 Å². The highest BCUT2D eigenvalue weighted by Gasteiger charge is 2.37. The van der Waals surface area contributed by atoms with E-state index in [0.29, 0.717) is 0 Å². The molecule has 0 aromatic rings. The van der Waals surface area contributed by atoms with Crippen LogP contribution in [-0.2, 0) is 0 Å². The molecule has 0 bridgehead atoms. The average molecular weight is 228 g/mol. The molecule has 1 aliphatic rings. The third kappa shape index (κ3) is 3.44. The zero-order chi connectivity index (χ0) is 12.0. The number of aliphatic hydroxyl groups excluding tert-OH is 1. The maximum atomic E-state index is 9.41. The average Bonchev–Trinajstić information content (AvgIpc) is 2.73. The number of aliphatic hydroxyl groups is 1. The molecule has 3 nitrogen and oxygen atoms in total. The molecular weight excluding hydrogens is 200 g/mol. The first-order valence-electron chi connectivity index (χ1n) is 6.78. The van der Waals surface area contributed by atoms with Crippen LogP contribution in [-0.4, -0.2) is 41.3 Å². The van der Waals surface area contributed by atoms with E-state index in [2.05, 4.69) is 11.8 Å². The second-order valence-electron chi connectivity index (χ2n) is 5.26. The third-order valence-electron chi connectivity index (χ3n) is 3.90. The fraction of sp³-hybridized carbons (Fsp3) is 1.00. The zero-order valence-corrected chi connectivity index (χ0v) is 10.9. The number of hydrogen-bond acceptors (Lipinski definition) is 3. The van der Waals surface area contributed by atoms with Crippen LogP contribution in [0.2, 0.25) is 0 Å². The molecule has 0 amide bonds. The van der Waals surface area contributed by atoms with E-state index in [-0.39, 0.29) is 11.6 Å². The topological polar surface area (TPSA) is 49.5 Å². The molecule has 1 aliphatic carbocycles. The Kier molecular flexibility index (Phi) is 5.73. The second kappa shape index (κ2) is 6.58. The van der Waals surface area contributed by atoms with Crippen molar-refractivity contribution in [1.29, 1.82) is 0 Å². The summed E-state index contributed by atoms with van der Waals surface area (Å²) in [5.41, 5.74) is 6.24. The first kappa shape index (κ1) is 13.9. The van der Waals surface area contributed by atoms with Gasteiger partial charge in [0, 0.05) is 18.6 Å². The molecule has 3 heteroatoms. The fourth-order valence-corrected chi connectivity index (χ4v) is 2.88. The summed E-state index contributed by atoms with van der Waals surface area (Å²) < 4.78 is 0. The van der Waals surface area contributed by atoms with Crippen molar-refractivity contribution >= 4 is 0 Å². The number of nitrogens with zero attached hydrogens (tertiary/aromatic N) is 1. The van der Waals surface area contributed by atoms with E-state index >= 15 is 0 Å². The van der Waals surface area contributed by atoms with Crippen LogP contribution in [0.25, 0.3) is 0 Å². The second-order valence-corrected chi connectivity index (χ2v) is 5.26. The van der Waals surface area contributed by atoms with Crippen molar-refractivity contribution in [2.75, 3.05) is 19.6 Å². The van der Waals surface area contributed by atoms with E-state index in [1.165, 1.54) is 32.1 Å². The highest BCUT2D eigenvalue weighted by molar-refractivity contribution is 4.95. The molecule has 1 fully saturated rings. The van der Waals surface area contributed by atoms with Crippen LogP contribution in [0.15, 0.2) is 0 Å². The Hall–Kier alpha value is -0.120. The van der Waals surface area contributed by atoms with Crippen molar-refractivity contribution in [3.63, 3.8) is 0 Å². The first-order valence-corrected chi connectivity index (χ1v) is 6.78. The summed E-state index contributed by atoms with van der Waals surface area (Å²) in [5.74, 6) is 0. The molecule has 1 unspecified atom stereocenters. The van der Waals surface area contributed by atoms with Crippen LogP contribution in [0.3, 0.4) is 0 Å². The van der Waals surface area contributed by atoms with Crippen LogP contribution in [0, 0.1) is 0 Å². The van der Waals surface area contributed by atoms with E-state index in [9.17, 15) is 5.11 Å². The van der Waals surface area contributed by atoms with Crippen LogP contribution in [0.5, 0.6) is 0 Å². The molecule has 0 radical (unpaired) electrons. The van der Waals surface area contributed by atoms with Gasteiger partial charge in [-0.05, 0) is 39.2 Å². The van der Waals surface area contributed by atoms with Gasteiger partial charge >= 0.3 is 0 Å². The van der Waals surface area contributed by atoms with Crippen LogP contribution in [0.4, 0.5) is 0 Å². The van der Waals surface area contributed by atoms with Crippen LogP contribution in [0.1, 0.15) is 52.4 Å².